The Morgan fingerprint density at radius 2 is 2.24 bits per heavy atom. The number of rotatable bonds is 9. The molecule has 1 aromatic carbocycles. The fourth-order valence-corrected chi connectivity index (χ4v) is 2.46. The predicted molar refractivity (Wildman–Crippen MR) is 83.5 cm³/mol. The molecule has 0 radical (unpaired) electrons. The summed E-state index contributed by atoms with van der Waals surface area (Å²) in [4.78, 5) is 10.5. The number of hydrogen-bond acceptors (Lipinski definition) is 4. The van der Waals surface area contributed by atoms with E-state index < -0.39 is 0 Å². The molecule has 0 atom stereocenters. The average Bonchev–Trinajstić information content (AvgIpc) is 2.43. The summed E-state index contributed by atoms with van der Waals surface area (Å²) in [6.45, 7) is 4.11. The van der Waals surface area contributed by atoms with E-state index >= 15 is 0 Å². The Hall–Kier alpha value is -1.62. The first-order valence-electron chi connectivity index (χ1n) is 7.79. The number of non-ortho nitro benzene ring substituents is 1. The monoisotopic (exact) mass is 292 g/mol. The van der Waals surface area contributed by atoms with E-state index in [-0.39, 0.29) is 10.6 Å². The lowest BCUT2D eigenvalue weighted by Crippen LogP contribution is -2.13. The molecule has 0 aliphatic heterocycles. The van der Waals surface area contributed by atoms with Crippen LogP contribution in [0.15, 0.2) is 18.2 Å². The first-order chi connectivity index (χ1) is 10.2. The molecule has 0 spiro atoms. The minimum atomic E-state index is -0.360. The van der Waals surface area contributed by atoms with Crippen molar-refractivity contribution in [2.24, 2.45) is 5.92 Å². The van der Waals surface area contributed by atoms with Crippen LogP contribution in [0.25, 0.3) is 0 Å². The van der Waals surface area contributed by atoms with E-state index in [2.05, 4.69) is 12.2 Å². The van der Waals surface area contributed by atoms with Crippen molar-refractivity contribution >= 4 is 11.4 Å². The van der Waals surface area contributed by atoms with Gasteiger partial charge in [0.25, 0.3) is 5.69 Å². The smallest absolute Gasteiger partial charge is 0.269 e. The molecule has 1 aliphatic carbocycles. The van der Waals surface area contributed by atoms with Gasteiger partial charge in [-0.1, -0.05) is 26.2 Å². The molecular weight excluding hydrogens is 268 g/mol. The van der Waals surface area contributed by atoms with E-state index in [1.165, 1.54) is 25.3 Å². The zero-order valence-electron chi connectivity index (χ0n) is 12.6. The fourth-order valence-electron chi connectivity index (χ4n) is 2.46. The van der Waals surface area contributed by atoms with Crippen LogP contribution >= 0.6 is 0 Å². The summed E-state index contributed by atoms with van der Waals surface area (Å²) in [7, 11) is 0. The number of benzene rings is 1. The van der Waals surface area contributed by atoms with Crippen LogP contribution in [-0.4, -0.2) is 18.1 Å². The minimum Gasteiger partial charge on any atom is -0.385 e. The lowest BCUT2D eigenvalue weighted by Gasteiger charge is -2.25. The number of nitro groups is 1. The topological polar surface area (TPSA) is 64.4 Å². The highest BCUT2D eigenvalue weighted by Crippen LogP contribution is 2.29. The summed E-state index contributed by atoms with van der Waals surface area (Å²) in [6.07, 6.45) is 6.11. The van der Waals surface area contributed by atoms with Crippen LogP contribution in [-0.2, 0) is 11.3 Å². The largest absolute Gasteiger partial charge is 0.385 e. The van der Waals surface area contributed by atoms with E-state index in [9.17, 15) is 10.1 Å². The molecule has 1 aromatic rings. The van der Waals surface area contributed by atoms with E-state index in [1.54, 1.807) is 12.1 Å². The van der Waals surface area contributed by atoms with Gasteiger partial charge in [0.2, 0.25) is 0 Å². The van der Waals surface area contributed by atoms with Gasteiger partial charge in [0.05, 0.1) is 11.5 Å². The van der Waals surface area contributed by atoms with E-state index in [4.69, 9.17) is 4.74 Å². The maximum absolute atomic E-state index is 10.9. The second-order valence-corrected chi connectivity index (χ2v) is 5.66. The normalized spacial score (nSPS) is 14.7. The number of nitrogens with zero attached hydrogens (tertiary/aromatic N) is 1. The highest BCUT2D eigenvalue weighted by Gasteiger charge is 2.17. The number of nitro benzene ring substituents is 1. The van der Waals surface area contributed by atoms with Gasteiger partial charge in [0.15, 0.2) is 0 Å². The summed E-state index contributed by atoms with van der Waals surface area (Å²) in [5, 5.41) is 14.2. The predicted octanol–water partition coefficient (Wildman–Crippen LogP) is 4.12. The van der Waals surface area contributed by atoms with Crippen molar-refractivity contribution in [3.63, 3.8) is 0 Å². The van der Waals surface area contributed by atoms with E-state index in [0.717, 1.165) is 43.2 Å². The van der Waals surface area contributed by atoms with E-state index in [0.29, 0.717) is 6.61 Å². The van der Waals surface area contributed by atoms with Gasteiger partial charge in [-0.05, 0) is 24.8 Å². The number of nitrogens with one attached hydrogen (secondary N) is 1. The Balaban J connectivity index is 1.92. The van der Waals surface area contributed by atoms with Crippen LogP contribution in [0.4, 0.5) is 11.4 Å². The van der Waals surface area contributed by atoms with Crippen molar-refractivity contribution in [3.05, 3.63) is 33.9 Å². The Morgan fingerprint density at radius 1 is 1.43 bits per heavy atom. The summed E-state index contributed by atoms with van der Waals surface area (Å²) in [6, 6.07) is 4.93. The van der Waals surface area contributed by atoms with Crippen molar-refractivity contribution in [1.29, 1.82) is 0 Å². The summed E-state index contributed by atoms with van der Waals surface area (Å²) in [5.41, 5.74) is 1.92. The molecule has 0 bridgehead atoms. The maximum Gasteiger partial charge on any atom is 0.269 e. The molecule has 1 aliphatic rings. The molecule has 0 heterocycles. The number of anilines is 1. The second kappa shape index (κ2) is 7.98. The van der Waals surface area contributed by atoms with Gasteiger partial charge >= 0.3 is 0 Å². The lowest BCUT2D eigenvalue weighted by atomic mass is 9.83. The van der Waals surface area contributed by atoms with Crippen molar-refractivity contribution in [2.75, 3.05) is 18.5 Å². The molecule has 0 aromatic heterocycles. The molecule has 1 fully saturated rings. The molecule has 5 nitrogen and oxygen atoms in total. The highest BCUT2D eigenvalue weighted by molar-refractivity contribution is 5.55. The van der Waals surface area contributed by atoms with Gasteiger partial charge < -0.3 is 10.1 Å². The molecule has 0 saturated heterocycles. The third kappa shape index (κ3) is 4.70. The second-order valence-electron chi connectivity index (χ2n) is 5.66. The van der Waals surface area contributed by atoms with E-state index in [1.807, 2.05) is 0 Å². The number of hydrogen-bond donors (Lipinski definition) is 1. The zero-order valence-corrected chi connectivity index (χ0v) is 12.6. The first-order valence-corrected chi connectivity index (χ1v) is 7.79. The Labute approximate surface area is 125 Å². The molecular formula is C16H24N2O3. The molecule has 21 heavy (non-hydrogen) atoms. The maximum atomic E-state index is 10.9. The van der Waals surface area contributed by atoms with Crippen molar-refractivity contribution in [1.82, 2.24) is 0 Å². The average molecular weight is 292 g/mol. The zero-order chi connectivity index (χ0) is 15.1. The van der Waals surface area contributed by atoms with Crippen LogP contribution in [0.1, 0.15) is 44.6 Å². The first kappa shape index (κ1) is 15.8. The highest BCUT2D eigenvalue weighted by atomic mass is 16.6. The van der Waals surface area contributed by atoms with Gasteiger partial charge in [-0.25, -0.2) is 0 Å². The Bertz CT molecular complexity index is 473. The van der Waals surface area contributed by atoms with Crippen molar-refractivity contribution in [2.45, 2.75) is 45.6 Å². The third-order valence-electron chi connectivity index (χ3n) is 4.02. The van der Waals surface area contributed by atoms with Crippen LogP contribution in [0.3, 0.4) is 0 Å². The van der Waals surface area contributed by atoms with Crippen LogP contribution in [0.2, 0.25) is 0 Å². The van der Waals surface area contributed by atoms with Crippen molar-refractivity contribution < 1.29 is 9.66 Å². The van der Waals surface area contributed by atoms with Gasteiger partial charge in [-0.15, -0.1) is 0 Å². The van der Waals surface area contributed by atoms with Gasteiger partial charge in [0, 0.05) is 36.5 Å². The molecule has 1 N–H and O–H groups in total. The summed E-state index contributed by atoms with van der Waals surface area (Å²) >= 11 is 0. The molecule has 2 rings (SSSR count). The fraction of sp³-hybridized carbons (Fsp3) is 0.625. The summed E-state index contributed by atoms with van der Waals surface area (Å²) < 4.78 is 5.72. The third-order valence-corrected chi connectivity index (χ3v) is 4.02. The molecule has 1 saturated carbocycles. The van der Waals surface area contributed by atoms with Crippen molar-refractivity contribution in [3.8, 4) is 0 Å². The van der Waals surface area contributed by atoms with Crippen LogP contribution < -0.4 is 5.32 Å². The lowest BCUT2D eigenvalue weighted by molar-refractivity contribution is -0.384. The van der Waals surface area contributed by atoms with Gasteiger partial charge in [-0.2, -0.15) is 0 Å². The molecule has 0 amide bonds. The Morgan fingerprint density at radius 3 is 2.86 bits per heavy atom. The minimum absolute atomic E-state index is 0.120. The molecule has 5 heteroatoms. The van der Waals surface area contributed by atoms with Crippen LogP contribution in [0, 0.1) is 16.0 Å². The number of ether oxygens (including phenoxy) is 1. The van der Waals surface area contributed by atoms with Gasteiger partial charge in [0.1, 0.15) is 0 Å². The molecule has 116 valence electrons. The molecule has 0 unspecified atom stereocenters. The quantitative estimate of drug-likeness (QED) is 0.422. The SMILES string of the molecule is CCCNc1ccc([N+](=O)[O-])cc1COCCC1CCC1. The standard InChI is InChI=1S/C16H24N2O3/c1-2-9-17-16-7-6-15(18(19)20)11-14(16)12-21-10-8-13-4-3-5-13/h6-7,11,13,17H,2-5,8-10,12H2,1H3. The summed E-state index contributed by atoms with van der Waals surface area (Å²) in [5.74, 6) is 0.827. The Kier molecular flexibility index (Phi) is 5.99. The van der Waals surface area contributed by atoms with Gasteiger partial charge in [-0.3, -0.25) is 10.1 Å². The van der Waals surface area contributed by atoms with Crippen LogP contribution in [0.5, 0.6) is 0 Å².